The number of hydrogen-bond donors (Lipinski definition) is 3. The molecule has 2 aromatic rings. The largest absolute Gasteiger partial charge is 0.351 e. The number of rotatable bonds is 10. The summed E-state index contributed by atoms with van der Waals surface area (Å²) in [4.78, 5) is 27.9. The van der Waals surface area contributed by atoms with Gasteiger partial charge in [0.15, 0.2) is 9.84 Å². The lowest BCUT2D eigenvalue weighted by atomic mass is 9.96. The van der Waals surface area contributed by atoms with Crippen LogP contribution < -0.4 is 16.0 Å². The molecule has 13 heteroatoms. The Labute approximate surface area is 261 Å². The maximum Gasteiger partial charge on any atom is 0.270 e. The minimum Gasteiger partial charge on any atom is -0.351 e. The fraction of sp³-hybridized carbons (Fsp3) is 0.533. The summed E-state index contributed by atoms with van der Waals surface area (Å²) in [6.45, 7) is 4.19. The molecule has 0 aromatic heterocycles. The highest BCUT2D eigenvalue weighted by molar-refractivity contribution is 7.91. The van der Waals surface area contributed by atoms with Crippen LogP contribution in [-0.4, -0.2) is 62.6 Å². The Bertz CT molecular complexity index is 1450. The van der Waals surface area contributed by atoms with E-state index in [1.165, 1.54) is 31.2 Å². The van der Waals surface area contributed by atoms with Crippen molar-refractivity contribution < 1.29 is 26.8 Å². The number of carbonyl (C=O) groups is 2. The number of piperidine rings is 2. The van der Waals surface area contributed by atoms with Gasteiger partial charge < -0.3 is 16.0 Å². The van der Waals surface area contributed by atoms with E-state index in [1.54, 1.807) is 0 Å². The molecular formula is C30H38Cl2F2N4O4S. The zero-order valence-electron chi connectivity index (χ0n) is 24.3. The summed E-state index contributed by atoms with van der Waals surface area (Å²) in [5.74, 6) is -4.14. The van der Waals surface area contributed by atoms with E-state index in [2.05, 4.69) is 16.0 Å². The van der Waals surface area contributed by atoms with Gasteiger partial charge in [-0.2, -0.15) is 0 Å². The predicted molar refractivity (Wildman–Crippen MR) is 163 cm³/mol. The van der Waals surface area contributed by atoms with Crippen molar-refractivity contribution in [1.82, 2.24) is 20.9 Å². The Morgan fingerprint density at radius 2 is 1.88 bits per heavy atom. The second-order valence-electron chi connectivity index (χ2n) is 11.3. The first kappa shape index (κ1) is 33.6. The van der Waals surface area contributed by atoms with Crippen molar-refractivity contribution in [3.05, 3.63) is 62.6 Å². The van der Waals surface area contributed by atoms with E-state index in [-0.39, 0.29) is 69.0 Å². The van der Waals surface area contributed by atoms with Crippen LogP contribution in [-0.2, 0) is 33.6 Å². The summed E-state index contributed by atoms with van der Waals surface area (Å²) in [6.07, 6.45) is 4.44. The average Bonchev–Trinajstić information content (AvgIpc) is 2.96. The van der Waals surface area contributed by atoms with Gasteiger partial charge in [0.05, 0.1) is 16.7 Å². The Kier molecular flexibility index (Phi) is 11.1. The molecule has 0 spiro atoms. The summed E-state index contributed by atoms with van der Waals surface area (Å²) in [6, 6.07) is 6.46. The van der Waals surface area contributed by atoms with Crippen molar-refractivity contribution >= 4 is 44.9 Å². The molecule has 2 aromatic carbocycles. The smallest absolute Gasteiger partial charge is 0.270 e. The van der Waals surface area contributed by atoms with Crippen LogP contribution in [0.4, 0.5) is 8.78 Å². The quantitative estimate of drug-likeness (QED) is 0.330. The van der Waals surface area contributed by atoms with Gasteiger partial charge in [0.25, 0.3) is 11.8 Å². The first-order chi connectivity index (χ1) is 20.3. The number of hydrogen-bond acceptors (Lipinski definition) is 6. The third-order valence-corrected chi connectivity index (χ3v) is 10.4. The molecule has 0 unspecified atom stereocenters. The zero-order chi connectivity index (χ0) is 31.4. The summed E-state index contributed by atoms with van der Waals surface area (Å²) in [7, 11) is -3.59. The lowest BCUT2D eigenvalue weighted by Crippen LogP contribution is -2.53. The summed E-state index contributed by atoms with van der Waals surface area (Å²) < 4.78 is 54.8. The fourth-order valence-electron chi connectivity index (χ4n) is 5.66. The molecule has 0 aliphatic carbocycles. The maximum atomic E-state index is 14.9. The number of benzene rings is 2. The summed E-state index contributed by atoms with van der Waals surface area (Å²) >= 11 is 12.6. The van der Waals surface area contributed by atoms with Gasteiger partial charge in [0.2, 0.25) is 5.91 Å². The van der Waals surface area contributed by atoms with Crippen molar-refractivity contribution in [2.75, 3.05) is 25.4 Å². The monoisotopic (exact) mass is 658 g/mol. The van der Waals surface area contributed by atoms with E-state index < -0.39 is 21.7 Å². The van der Waals surface area contributed by atoms with Crippen LogP contribution in [0, 0.1) is 0 Å². The molecule has 3 N–H and O–H groups in total. The van der Waals surface area contributed by atoms with Crippen molar-refractivity contribution in [2.24, 2.45) is 0 Å². The van der Waals surface area contributed by atoms with Gasteiger partial charge in [-0.3, -0.25) is 14.5 Å². The molecule has 236 valence electrons. The maximum absolute atomic E-state index is 14.9. The topological polar surface area (TPSA) is 108 Å². The molecule has 2 amide bonds. The minimum atomic E-state index is -3.59. The molecule has 2 fully saturated rings. The highest BCUT2D eigenvalue weighted by Gasteiger charge is 2.33. The number of alkyl halides is 2. The van der Waals surface area contributed by atoms with E-state index in [0.29, 0.717) is 18.1 Å². The Morgan fingerprint density at radius 1 is 1.12 bits per heavy atom. The van der Waals surface area contributed by atoms with Crippen molar-refractivity contribution in [3.8, 4) is 0 Å². The molecule has 0 saturated carbocycles. The molecule has 0 radical (unpaired) electrons. The van der Waals surface area contributed by atoms with Crippen LogP contribution in [0.15, 0.2) is 35.2 Å². The standard InChI is InChI=1S/C30H38Cl2F2N4O4S/c1-3-43(41,42)27-10-9-21(31)13-20(27)16-36-28(39)19-14-24(30(2,33)34)23(25(32)15-19)18-38-12-6-7-22(17-38)37-29(40)26-8-4-5-11-35-26/h9-10,13-15,22,26,35H,3-8,11-12,16-18H2,1-2H3,(H,36,39)(H,37,40)/t22-,26-/m0/s1. The fourth-order valence-corrected chi connectivity index (χ4v) is 7.25. The molecule has 2 saturated heterocycles. The third-order valence-electron chi connectivity index (χ3n) is 7.97. The van der Waals surface area contributed by atoms with Crippen LogP contribution in [0.3, 0.4) is 0 Å². The number of likely N-dealkylation sites (tertiary alicyclic amines) is 1. The van der Waals surface area contributed by atoms with Gasteiger partial charge in [-0.1, -0.05) is 36.5 Å². The normalized spacial score (nSPS) is 20.0. The Morgan fingerprint density at radius 3 is 2.56 bits per heavy atom. The molecule has 2 heterocycles. The number of nitrogens with one attached hydrogen (secondary N) is 3. The number of nitrogens with zero attached hydrogens (tertiary/aromatic N) is 1. The molecule has 2 atom stereocenters. The van der Waals surface area contributed by atoms with E-state index in [4.69, 9.17) is 23.2 Å². The second kappa shape index (κ2) is 14.2. The molecule has 4 rings (SSSR count). The molecule has 2 aliphatic heterocycles. The average molecular weight is 660 g/mol. The lowest BCUT2D eigenvalue weighted by molar-refractivity contribution is -0.124. The van der Waals surface area contributed by atoms with Crippen LogP contribution >= 0.6 is 23.2 Å². The van der Waals surface area contributed by atoms with Gasteiger partial charge in [-0.15, -0.1) is 0 Å². The van der Waals surface area contributed by atoms with Gasteiger partial charge >= 0.3 is 0 Å². The first-order valence-corrected chi connectivity index (χ1v) is 17.0. The first-order valence-electron chi connectivity index (χ1n) is 14.5. The van der Waals surface area contributed by atoms with Crippen LogP contribution in [0.2, 0.25) is 10.0 Å². The zero-order valence-corrected chi connectivity index (χ0v) is 26.6. The van der Waals surface area contributed by atoms with E-state index in [0.717, 1.165) is 51.6 Å². The predicted octanol–water partition coefficient (Wildman–Crippen LogP) is 5.05. The van der Waals surface area contributed by atoms with Gasteiger partial charge in [0.1, 0.15) is 0 Å². The number of amides is 2. The number of sulfone groups is 1. The van der Waals surface area contributed by atoms with Crippen LogP contribution in [0.1, 0.15) is 73.0 Å². The number of carbonyl (C=O) groups excluding carboxylic acids is 2. The molecule has 0 bridgehead atoms. The summed E-state index contributed by atoms with van der Waals surface area (Å²) in [5, 5.41) is 9.30. The van der Waals surface area contributed by atoms with Crippen molar-refractivity contribution in [2.45, 2.75) is 81.9 Å². The Hall–Kier alpha value is -2.31. The second-order valence-corrected chi connectivity index (χ2v) is 14.4. The van der Waals surface area contributed by atoms with Crippen molar-refractivity contribution in [1.29, 1.82) is 0 Å². The minimum absolute atomic E-state index is 0.0266. The molecule has 8 nitrogen and oxygen atoms in total. The third kappa shape index (κ3) is 8.66. The Balaban J connectivity index is 1.49. The van der Waals surface area contributed by atoms with Crippen molar-refractivity contribution in [3.63, 3.8) is 0 Å². The molecule has 43 heavy (non-hydrogen) atoms. The van der Waals surface area contributed by atoms with Gasteiger partial charge in [-0.25, -0.2) is 17.2 Å². The highest BCUT2D eigenvalue weighted by atomic mass is 35.5. The van der Waals surface area contributed by atoms with E-state index in [1.807, 2.05) is 4.90 Å². The SMILES string of the molecule is CCS(=O)(=O)c1ccc(Cl)cc1CNC(=O)c1cc(Cl)c(CN2CCC[C@H](NC(=O)[C@@H]3CCCCN3)C2)c(C(C)(F)F)c1. The number of halogens is 4. The van der Waals surface area contributed by atoms with Crippen LogP contribution in [0.5, 0.6) is 0 Å². The molecule has 2 aliphatic rings. The lowest BCUT2D eigenvalue weighted by Gasteiger charge is -2.35. The van der Waals surface area contributed by atoms with E-state index in [9.17, 15) is 26.8 Å². The van der Waals surface area contributed by atoms with Crippen LogP contribution in [0.25, 0.3) is 0 Å². The summed E-state index contributed by atoms with van der Waals surface area (Å²) in [5.41, 5.74) is 0.0750. The van der Waals surface area contributed by atoms with Gasteiger partial charge in [0, 0.05) is 53.8 Å². The van der Waals surface area contributed by atoms with E-state index >= 15 is 0 Å². The molecular weight excluding hydrogens is 621 g/mol. The van der Waals surface area contributed by atoms with Gasteiger partial charge in [-0.05, 0) is 80.2 Å². The highest BCUT2D eigenvalue weighted by Crippen LogP contribution is 2.36.